The van der Waals surface area contributed by atoms with Crippen LogP contribution in [0.2, 0.25) is 0 Å². The van der Waals surface area contributed by atoms with Gasteiger partial charge in [-0.3, -0.25) is 0 Å². The van der Waals surface area contributed by atoms with Crippen molar-refractivity contribution in [3.8, 4) is 45.3 Å². The maximum atomic E-state index is 6.48. The van der Waals surface area contributed by atoms with Crippen LogP contribution in [0.25, 0.3) is 89.2 Å². The highest BCUT2D eigenvalue weighted by Crippen LogP contribution is 2.41. The van der Waals surface area contributed by atoms with Gasteiger partial charge in [0.05, 0.1) is 0 Å². The number of para-hydroxylation sites is 1. The summed E-state index contributed by atoms with van der Waals surface area (Å²) in [6.07, 6.45) is 0. The average Bonchev–Trinajstić information content (AvgIpc) is 3.68. The molecule has 0 radical (unpaired) electrons. The molecule has 0 unspecified atom stereocenters. The van der Waals surface area contributed by atoms with Gasteiger partial charge in [-0.2, -0.15) is 0 Å². The number of benzene rings is 6. The summed E-state index contributed by atoms with van der Waals surface area (Å²) in [5, 5.41) is 4.00. The molecule has 0 aliphatic heterocycles. The summed E-state index contributed by atoms with van der Waals surface area (Å²) >= 11 is 0. The number of rotatable bonds is 4. The second-order valence-corrected chi connectivity index (χ2v) is 10.8. The third-order valence-electron chi connectivity index (χ3n) is 8.17. The molecule has 3 aromatic heterocycles. The standard InChI is InChI=1S/C39H23N3O2/c1-3-10-24(11-4-1)25-18-20-27(21-19-25)38-40-37(26-12-5-2-6-13-26)41-39(42-38)31-15-9-17-33-34(31)30-23-22-29-28-14-7-8-16-32(28)43-35(29)36(30)44-33/h1-23H. The second kappa shape index (κ2) is 9.75. The molecule has 9 rings (SSSR count). The van der Waals surface area contributed by atoms with E-state index < -0.39 is 0 Å². The molecule has 0 amide bonds. The molecule has 0 spiro atoms. The maximum Gasteiger partial charge on any atom is 0.178 e. The predicted molar refractivity (Wildman–Crippen MR) is 176 cm³/mol. The Hall–Kier alpha value is -6.07. The lowest BCUT2D eigenvalue weighted by atomic mass is 10.0. The minimum absolute atomic E-state index is 0.582. The van der Waals surface area contributed by atoms with Crippen molar-refractivity contribution < 1.29 is 8.83 Å². The van der Waals surface area contributed by atoms with E-state index in [-0.39, 0.29) is 0 Å². The SMILES string of the molecule is c1ccc(-c2ccc(-c3nc(-c4ccccc4)nc(-c4cccc5oc6c(ccc7c8ccccc8oc76)c45)n3)cc2)cc1. The van der Waals surface area contributed by atoms with Crippen molar-refractivity contribution in [2.45, 2.75) is 0 Å². The van der Waals surface area contributed by atoms with E-state index in [4.69, 9.17) is 23.8 Å². The van der Waals surface area contributed by atoms with E-state index in [1.165, 1.54) is 0 Å². The Morgan fingerprint density at radius 2 is 0.864 bits per heavy atom. The highest BCUT2D eigenvalue weighted by Gasteiger charge is 2.20. The van der Waals surface area contributed by atoms with Crippen molar-refractivity contribution in [3.05, 3.63) is 140 Å². The molecule has 0 aliphatic rings. The van der Waals surface area contributed by atoms with Crippen molar-refractivity contribution in [3.63, 3.8) is 0 Å². The van der Waals surface area contributed by atoms with Crippen molar-refractivity contribution in [2.75, 3.05) is 0 Å². The molecule has 0 saturated carbocycles. The van der Waals surface area contributed by atoms with Crippen LogP contribution in [-0.4, -0.2) is 15.0 Å². The van der Waals surface area contributed by atoms with Gasteiger partial charge in [0.25, 0.3) is 0 Å². The fourth-order valence-electron chi connectivity index (χ4n) is 6.04. The van der Waals surface area contributed by atoms with Gasteiger partial charge >= 0.3 is 0 Å². The molecule has 0 bridgehead atoms. The topological polar surface area (TPSA) is 65.0 Å². The lowest BCUT2D eigenvalue weighted by Gasteiger charge is -2.10. The molecular weight excluding hydrogens is 542 g/mol. The van der Waals surface area contributed by atoms with Gasteiger partial charge in [-0.25, -0.2) is 15.0 Å². The molecule has 5 nitrogen and oxygen atoms in total. The number of furan rings is 2. The van der Waals surface area contributed by atoms with E-state index in [9.17, 15) is 0 Å². The highest BCUT2D eigenvalue weighted by molar-refractivity contribution is 6.21. The number of fused-ring (bicyclic) bond motifs is 7. The minimum atomic E-state index is 0.582. The zero-order valence-corrected chi connectivity index (χ0v) is 23.4. The first-order valence-corrected chi connectivity index (χ1v) is 14.5. The first-order valence-electron chi connectivity index (χ1n) is 14.5. The Morgan fingerprint density at radius 1 is 0.341 bits per heavy atom. The third-order valence-corrected chi connectivity index (χ3v) is 8.17. The Morgan fingerprint density at radius 3 is 1.64 bits per heavy atom. The first-order chi connectivity index (χ1) is 21.8. The Labute approximate surface area is 252 Å². The molecule has 0 saturated heterocycles. The van der Waals surface area contributed by atoms with E-state index in [1.54, 1.807) is 0 Å². The van der Waals surface area contributed by atoms with Crippen LogP contribution < -0.4 is 0 Å². The van der Waals surface area contributed by atoms with Crippen LogP contribution in [0, 0.1) is 0 Å². The second-order valence-electron chi connectivity index (χ2n) is 10.8. The van der Waals surface area contributed by atoms with Gasteiger partial charge in [0.2, 0.25) is 0 Å². The lowest BCUT2D eigenvalue weighted by Crippen LogP contribution is -2.00. The summed E-state index contributed by atoms with van der Waals surface area (Å²) in [6, 6.07) is 47.0. The van der Waals surface area contributed by atoms with Crippen molar-refractivity contribution in [1.29, 1.82) is 0 Å². The van der Waals surface area contributed by atoms with Crippen LogP contribution in [0.1, 0.15) is 0 Å². The van der Waals surface area contributed by atoms with Gasteiger partial charge in [0, 0.05) is 38.2 Å². The number of aromatic nitrogens is 3. The van der Waals surface area contributed by atoms with E-state index in [0.717, 1.165) is 71.7 Å². The third kappa shape index (κ3) is 3.91. The quantitative estimate of drug-likeness (QED) is 0.212. The molecule has 6 aromatic carbocycles. The van der Waals surface area contributed by atoms with E-state index >= 15 is 0 Å². The summed E-state index contributed by atoms with van der Waals surface area (Å²) in [5.41, 5.74) is 8.06. The molecule has 5 heteroatoms. The Bertz CT molecular complexity index is 2480. The van der Waals surface area contributed by atoms with Gasteiger partial charge in [0.15, 0.2) is 28.6 Å². The molecule has 0 fully saturated rings. The molecular formula is C39H23N3O2. The van der Waals surface area contributed by atoms with Crippen molar-refractivity contribution in [1.82, 2.24) is 15.0 Å². The minimum Gasteiger partial charge on any atom is -0.452 e. The summed E-state index contributed by atoms with van der Waals surface area (Å²) in [5.74, 6) is 1.80. The number of hydrogen-bond donors (Lipinski definition) is 0. The molecule has 44 heavy (non-hydrogen) atoms. The van der Waals surface area contributed by atoms with Crippen LogP contribution >= 0.6 is 0 Å². The predicted octanol–water partition coefficient (Wildman–Crippen LogP) is 10.3. The van der Waals surface area contributed by atoms with Gasteiger partial charge in [0.1, 0.15) is 11.2 Å². The number of hydrogen-bond acceptors (Lipinski definition) is 5. The largest absolute Gasteiger partial charge is 0.452 e. The van der Waals surface area contributed by atoms with Crippen LogP contribution in [0.3, 0.4) is 0 Å². The average molecular weight is 566 g/mol. The zero-order chi connectivity index (χ0) is 29.0. The van der Waals surface area contributed by atoms with Crippen molar-refractivity contribution >= 4 is 43.9 Å². The molecule has 0 atom stereocenters. The highest BCUT2D eigenvalue weighted by atomic mass is 16.4. The molecule has 3 heterocycles. The normalized spacial score (nSPS) is 11.6. The van der Waals surface area contributed by atoms with E-state index in [2.05, 4.69) is 54.6 Å². The Balaban J connectivity index is 1.26. The summed E-state index contributed by atoms with van der Waals surface area (Å²) in [7, 11) is 0. The van der Waals surface area contributed by atoms with Gasteiger partial charge < -0.3 is 8.83 Å². The van der Waals surface area contributed by atoms with E-state index in [0.29, 0.717) is 17.5 Å². The van der Waals surface area contributed by atoms with Crippen LogP contribution in [0.15, 0.2) is 148 Å². The van der Waals surface area contributed by atoms with Gasteiger partial charge in [-0.15, -0.1) is 0 Å². The monoisotopic (exact) mass is 565 g/mol. The van der Waals surface area contributed by atoms with Crippen molar-refractivity contribution in [2.24, 2.45) is 0 Å². The summed E-state index contributed by atoms with van der Waals surface area (Å²) < 4.78 is 12.8. The fraction of sp³-hybridized carbons (Fsp3) is 0. The van der Waals surface area contributed by atoms with E-state index in [1.807, 2.05) is 84.9 Å². The van der Waals surface area contributed by atoms with Crippen LogP contribution in [0.5, 0.6) is 0 Å². The molecule has 0 aliphatic carbocycles. The zero-order valence-electron chi connectivity index (χ0n) is 23.4. The summed E-state index contributed by atoms with van der Waals surface area (Å²) in [4.78, 5) is 15.0. The molecule has 9 aromatic rings. The van der Waals surface area contributed by atoms with Crippen LogP contribution in [-0.2, 0) is 0 Å². The van der Waals surface area contributed by atoms with Gasteiger partial charge in [-0.1, -0.05) is 115 Å². The van der Waals surface area contributed by atoms with Crippen LogP contribution in [0.4, 0.5) is 0 Å². The lowest BCUT2D eigenvalue weighted by molar-refractivity contribution is 0.633. The maximum absolute atomic E-state index is 6.48. The smallest absolute Gasteiger partial charge is 0.178 e. The first kappa shape index (κ1) is 24.5. The summed E-state index contributed by atoms with van der Waals surface area (Å²) in [6.45, 7) is 0. The number of nitrogens with zero attached hydrogens (tertiary/aromatic N) is 3. The molecule has 0 N–H and O–H groups in total. The van der Waals surface area contributed by atoms with Gasteiger partial charge in [-0.05, 0) is 35.4 Å². The fourth-order valence-corrected chi connectivity index (χ4v) is 6.04. The Kier molecular flexibility index (Phi) is 5.43. The molecule has 206 valence electrons.